The van der Waals surface area contributed by atoms with Crippen LogP contribution < -0.4 is 5.32 Å². The number of nitrogens with zero attached hydrogens (tertiary/aromatic N) is 1. The summed E-state index contributed by atoms with van der Waals surface area (Å²) in [6, 6.07) is 7.16. The van der Waals surface area contributed by atoms with Crippen LogP contribution in [0.2, 0.25) is 0 Å². The number of hydrogen-bond donors (Lipinski definition) is 1. The second-order valence-corrected chi connectivity index (χ2v) is 6.48. The molecule has 0 spiro atoms. The summed E-state index contributed by atoms with van der Waals surface area (Å²) in [7, 11) is 4.30. The van der Waals surface area contributed by atoms with E-state index in [1.54, 1.807) is 0 Å². The lowest BCUT2D eigenvalue weighted by Crippen LogP contribution is -2.36. The van der Waals surface area contributed by atoms with E-state index in [0.29, 0.717) is 6.04 Å². The van der Waals surface area contributed by atoms with Gasteiger partial charge in [0, 0.05) is 32.3 Å². The van der Waals surface area contributed by atoms with Gasteiger partial charge in [-0.2, -0.15) is 0 Å². The summed E-state index contributed by atoms with van der Waals surface area (Å²) in [5.41, 5.74) is 4.14. The largest absolute Gasteiger partial charge is 0.381 e. The Labute approximate surface area is 129 Å². The zero-order chi connectivity index (χ0) is 15.2. The first-order valence-corrected chi connectivity index (χ1v) is 8.11. The summed E-state index contributed by atoms with van der Waals surface area (Å²) in [6.07, 6.45) is 2.41. The van der Waals surface area contributed by atoms with Crippen molar-refractivity contribution in [2.45, 2.75) is 32.7 Å². The molecule has 0 saturated carbocycles. The van der Waals surface area contributed by atoms with Gasteiger partial charge in [-0.05, 0) is 57.8 Å². The van der Waals surface area contributed by atoms with Crippen LogP contribution in [0, 0.1) is 19.8 Å². The maximum absolute atomic E-state index is 5.45. The second kappa shape index (κ2) is 7.92. The molecule has 3 heteroatoms. The monoisotopic (exact) mass is 290 g/mol. The lowest BCUT2D eigenvalue weighted by atomic mass is 9.97. The zero-order valence-corrected chi connectivity index (χ0v) is 14.0. The van der Waals surface area contributed by atoms with Gasteiger partial charge in [-0.15, -0.1) is 0 Å². The molecule has 1 fully saturated rings. The van der Waals surface area contributed by atoms with Gasteiger partial charge in [0.05, 0.1) is 0 Å². The van der Waals surface area contributed by atoms with Crippen molar-refractivity contribution in [1.82, 2.24) is 10.2 Å². The van der Waals surface area contributed by atoms with Crippen LogP contribution in [0.5, 0.6) is 0 Å². The predicted octanol–water partition coefficient (Wildman–Crippen LogP) is 2.92. The molecule has 1 saturated heterocycles. The highest BCUT2D eigenvalue weighted by Crippen LogP contribution is 2.21. The Balaban J connectivity index is 1.94. The number of benzene rings is 1. The molecule has 1 aromatic rings. The fourth-order valence-corrected chi connectivity index (χ4v) is 3.32. The van der Waals surface area contributed by atoms with E-state index in [1.807, 2.05) is 0 Å². The molecule has 1 N–H and O–H groups in total. The van der Waals surface area contributed by atoms with Crippen molar-refractivity contribution in [1.29, 1.82) is 0 Å². The highest BCUT2D eigenvalue weighted by atomic mass is 16.5. The van der Waals surface area contributed by atoms with Gasteiger partial charge in [0.1, 0.15) is 0 Å². The van der Waals surface area contributed by atoms with Crippen molar-refractivity contribution in [3.8, 4) is 0 Å². The Kier molecular flexibility index (Phi) is 6.22. The van der Waals surface area contributed by atoms with E-state index in [-0.39, 0.29) is 0 Å². The van der Waals surface area contributed by atoms with E-state index in [0.717, 1.165) is 25.7 Å². The van der Waals surface area contributed by atoms with Crippen LogP contribution in [0.25, 0.3) is 0 Å². The van der Waals surface area contributed by atoms with Crippen LogP contribution in [0.3, 0.4) is 0 Å². The lowest BCUT2D eigenvalue weighted by Gasteiger charge is -2.30. The SMILES string of the molecule is CNC(CN(C)CC1CCOCC1)c1ccc(C)cc1C. The summed E-state index contributed by atoms with van der Waals surface area (Å²) >= 11 is 0. The molecule has 0 amide bonds. The standard InChI is InChI=1S/C18H30N2O/c1-14-5-6-17(15(2)11-14)18(19-3)13-20(4)12-16-7-9-21-10-8-16/h5-6,11,16,18-19H,7-10,12-13H2,1-4H3. The minimum Gasteiger partial charge on any atom is -0.381 e. The van der Waals surface area contributed by atoms with Gasteiger partial charge in [0.25, 0.3) is 0 Å². The summed E-state index contributed by atoms with van der Waals surface area (Å²) in [6.45, 7) is 8.47. The van der Waals surface area contributed by atoms with Gasteiger partial charge in [-0.3, -0.25) is 0 Å². The van der Waals surface area contributed by atoms with Crippen molar-refractivity contribution in [2.75, 3.05) is 40.4 Å². The quantitative estimate of drug-likeness (QED) is 0.872. The van der Waals surface area contributed by atoms with Crippen molar-refractivity contribution in [3.05, 3.63) is 34.9 Å². The van der Waals surface area contributed by atoms with Gasteiger partial charge < -0.3 is 15.0 Å². The van der Waals surface area contributed by atoms with Crippen LogP contribution in [0.1, 0.15) is 35.6 Å². The number of ether oxygens (including phenoxy) is 1. The van der Waals surface area contributed by atoms with E-state index in [4.69, 9.17) is 4.74 Å². The zero-order valence-electron chi connectivity index (χ0n) is 14.0. The molecule has 1 atom stereocenters. The summed E-state index contributed by atoms with van der Waals surface area (Å²) in [5, 5.41) is 3.48. The summed E-state index contributed by atoms with van der Waals surface area (Å²) in [4.78, 5) is 2.47. The van der Waals surface area contributed by atoms with Crippen LogP contribution >= 0.6 is 0 Å². The van der Waals surface area contributed by atoms with Gasteiger partial charge in [0.15, 0.2) is 0 Å². The second-order valence-electron chi connectivity index (χ2n) is 6.48. The Morgan fingerprint density at radius 2 is 2.00 bits per heavy atom. The topological polar surface area (TPSA) is 24.5 Å². The highest BCUT2D eigenvalue weighted by molar-refractivity contribution is 5.33. The number of hydrogen-bond acceptors (Lipinski definition) is 3. The van der Waals surface area contributed by atoms with Gasteiger partial charge in [0.2, 0.25) is 0 Å². The van der Waals surface area contributed by atoms with Crippen molar-refractivity contribution >= 4 is 0 Å². The third-order valence-electron chi connectivity index (χ3n) is 4.55. The molecule has 2 rings (SSSR count). The van der Waals surface area contributed by atoms with Crippen molar-refractivity contribution in [3.63, 3.8) is 0 Å². The molecule has 0 aromatic heterocycles. The first-order valence-electron chi connectivity index (χ1n) is 8.11. The van der Waals surface area contributed by atoms with Crippen molar-refractivity contribution < 1.29 is 4.74 Å². The van der Waals surface area contributed by atoms with E-state index in [2.05, 4.69) is 56.4 Å². The number of aryl methyl sites for hydroxylation is 2. The van der Waals surface area contributed by atoms with Crippen LogP contribution in [-0.4, -0.2) is 45.3 Å². The molecule has 0 bridgehead atoms. The van der Waals surface area contributed by atoms with E-state index in [1.165, 1.54) is 36.1 Å². The molecule has 1 aliphatic rings. The Morgan fingerprint density at radius 3 is 2.62 bits per heavy atom. The molecule has 0 aliphatic carbocycles. The first-order chi connectivity index (χ1) is 10.1. The maximum Gasteiger partial charge on any atom is 0.0469 e. The molecule has 21 heavy (non-hydrogen) atoms. The lowest BCUT2D eigenvalue weighted by molar-refractivity contribution is 0.0548. The normalized spacial score (nSPS) is 18.1. The van der Waals surface area contributed by atoms with Crippen LogP contribution in [0.4, 0.5) is 0 Å². The minimum atomic E-state index is 0.399. The fourth-order valence-electron chi connectivity index (χ4n) is 3.32. The average Bonchev–Trinajstić information content (AvgIpc) is 2.46. The summed E-state index contributed by atoms with van der Waals surface area (Å²) < 4.78 is 5.45. The molecular weight excluding hydrogens is 260 g/mol. The molecule has 1 heterocycles. The van der Waals surface area contributed by atoms with Gasteiger partial charge in [-0.1, -0.05) is 23.8 Å². The van der Waals surface area contributed by atoms with Crippen LogP contribution in [-0.2, 0) is 4.74 Å². The first kappa shape index (κ1) is 16.5. The highest BCUT2D eigenvalue weighted by Gasteiger charge is 2.19. The smallest absolute Gasteiger partial charge is 0.0469 e. The van der Waals surface area contributed by atoms with Gasteiger partial charge in [-0.25, -0.2) is 0 Å². The Bertz CT molecular complexity index is 441. The molecule has 1 aromatic carbocycles. The third-order valence-corrected chi connectivity index (χ3v) is 4.55. The van der Waals surface area contributed by atoms with E-state index in [9.17, 15) is 0 Å². The molecule has 1 aliphatic heterocycles. The number of nitrogens with one attached hydrogen (secondary N) is 1. The number of rotatable bonds is 6. The minimum absolute atomic E-state index is 0.399. The third kappa shape index (κ3) is 4.80. The molecule has 118 valence electrons. The fraction of sp³-hybridized carbons (Fsp3) is 0.667. The van der Waals surface area contributed by atoms with Crippen molar-refractivity contribution in [2.24, 2.45) is 5.92 Å². The van der Waals surface area contributed by atoms with Crippen LogP contribution in [0.15, 0.2) is 18.2 Å². The molecule has 3 nitrogen and oxygen atoms in total. The number of likely N-dealkylation sites (N-methyl/N-ethyl adjacent to an activating group) is 2. The summed E-state index contributed by atoms with van der Waals surface area (Å²) in [5.74, 6) is 0.792. The van der Waals surface area contributed by atoms with E-state index < -0.39 is 0 Å². The molecular formula is C18H30N2O. The molecule has 1 unspecified atom stereocenters. The van der Waals surface area contributed by atoms with Gasteiger partial charge >= 0.3 is 0 Å². The average molecular weight is 290 g/mol. The predicted molar refractivity (Wildman–Crippen MR) is 88.8 cm³/mol. The Morgan fingerprint density at radius 1 is 1.29 bits per heavy atom. The van der Waals surface area contributed by atoms with E-state index >= 15 is 0 Å². The Hall–Kier alpha value is -0.900. The molecule has 0 radical (unpaired) electrons. The maximum atomic E-state index is 5.45.